The van der Waals surface area contributed by atoms with Crippen LogP contribution in [-0.4, -0.2) is 32.2 Å². The first-order valence-corrected chi connectivity index (χ1v) is 4.67. The number of hydrogen-bond donors (Lipinski definition) is 1. The van der Waals surface area contributed by atoms with Crippen molar-refractivity contribution in [1.82, 2.24) is 5.32 Å². The fourth-order valence-corrected chi connectivity index (χ4v) is 0.979. The smallest absolute Gasteiger partial charge is 0.261 e. The summed E-state index contributed by atoms with van der Waals surface area (Å²) in [5.41, 5.74) is 0. The lowest BCUT2D eigenvalue weighted by atomic mass is 10.2. The minimum Gasteiger partial charge on any atom is -0.374 e. The summed E-state index contributed by atoms with van der Waals surface area (Å²) in [4.78, 5) is 0. The first-order valence-electron chi connectivity index (χ1n) is 4.67. The third-order valence-corrected chi connectivity index (χ3v) is 1.75. The van der Waals surface area contributed by atoms with E-state index in [0.29, 0.717) is 13.0 Å². The van der Waals surface area contributed by atoms with Gasteiger partial charge in [0.25, 0.3) is 6.43 Å². The molecule has 0 aromatic heterocycles. The van der Waals surface area contributed by atoms with Gasteiger partial charge >= 0.3 is 0 Å². The predicted octanol–water partition coefficient (Wildman–Crippen LogP) is 1.55. The van der Waals surface area contributed by atoms with Gasteiger partial charge in [-0.1, -0.05) is 6.92 Å². The summed E-state index contributed by atoms with van der Waals surface area (Å²) in [5.74, 6) is 0. The van der Waals surface area contributed by atoms with Crippen LogP contribution in [0, 0.1) is 11.3 Å². The molecule has 1 N–H and O–H groups in total. The van der Waals surface area contributed by atoms with Crippen LogP contribution in [0.5, 0.6) is 0 Å². The van der Waals surface area contributed by atoms with Gasteiger partial charge in [0.2, 0.25) is 0 Å². The number of nitrogens with zero attached hydrogens (tertiary/aromatic N) is 1. The van der Waals surface area contributed by atoms with E-state index in [2.05, 4.69) is 16.1 Å². The van der Waals surface area contributed by atoms with Gasteiger partial charge in [-0.25, -0.2) is 8.78 Å². The molecule has 5 heteroatoms. The summed E-state index contributed by atoms with van der Waals surface area (Å²) in [6.07, 6.45) is -1.12. The molecule has 0 aliphatic carbocycles. The number of nitrogens with one attached hydrogen (secondary N) is 1. The third kappa shape index (κ3) is 7.90. The second-order valence-corrected chi connectivity index (χ2v) is 2.89. The molecule has 1 unspecified atom stereocenters. The highest BCUT2D eigenvalue weighted by Crippen LogP contribution is 1.95. The van der Waals surface area contributed by atoms with Crippen LogP contribution in [0.3, 0.4) is 0 Å². The lowest BCUT2D eigenvalue weighted by molar-refractivity contribution is 0.0182. The molecular weight excluding hydrogens is 190 g/mol. The van der Waals surface area contributed by atoms with Crippen molar-refractivity contribution < 1.29 is 13.5 Å². The predicted molar refractivity (Wildman–Crippen MR) is 49.1 cm³/mol. The Kier molecular flexibility index (Phi) is 8.39. The normalized spacial score (nSPS) is 12.8. The molecule has 0 aliphatic heterocycles. The first-order chi connectivity index (χ1) is 6.70. The van der Waals surface area contributed by atoms with E-state index in [4.69, 9.17) is 5.26 Å². The van der Waals surface area contributed by atoms with Crippen LogP contribution in [-0.2, 0) is 4.74 Å². The Bertz CT molecular complexity index is 171. The average Bonchev–Trinajstić information content (AvgIpc) is 2.15. The number of ether oxygens (including phenoxy) is 1. The Morgan fingerprint density at radius 3 is 2.71 bits per heavy atom. The van der Waals surface area contributed by atoms with Gasteiger partial charge in [-0.05, 0) is 6.42 Å². The van der Waals surface area contributed by atoms with Gasteiger partial charge in [0, 0.05) is 12.6 Å². The summed E-state index contributed by atoms with van der Waals surface area (Å²) in [7, 11) is 0. The van der Waals surface area contributed by atoms with E-state index >= 15 is 0 Å². The number of nitriles is 1. The molecular formula is C9H16F2N2O. The minimum atomic E-state index is -2.41. The van der Waals surface area contributed by atoms with E-state index in [1.807, 2.05) is 6.92 Å². The van der Waals surface area contributed by atoms with Crippen molar-refractivity contribution >= 4 is 0 Å². The summed E-state index contributed by atoms with van der Waals surface area (Å²) >= 11 is 0. The van der Waals surface area contributed by atoms with Crippen LogP contribution in [0.4, 0.5) is 8.78 Å². The van der Waals surface area contributed by atoms with Crippen molar-refractivity contribution in [2.45, 2.75) is 32.2 Å². The van der Waals surface area contributed by atoms with Crippen LogP contribution < -0.4 is 5.32 Å². The molecule has 82 valence electrons. The zero-order valence-electron chi connectivity index (χ0n) is 8.30. The second-order valence-electron chi connectivity index (χ2n) is 2.89. The highest BCUT2D eigenvalue weighted by molar-refractivity contribution is 4.79. The highest BCUT2D eigenvalue weighted by Gasteiger charge is 2.04. The van der Waals surface area contributed by atoms with Gasteiger partial charge in [-0.2, -0.15) is 5.26 Å². The van der Waals surface area contributed by atoms with E-state index in [0.717, 1.165) is 6.42 Å². The summed E-state index contributed by atoms with van der Waals surface area (Å²) in [6.45, 7) is 2.21. The zero-order valence-corrected chi connectivity index (χ0v) is 8.30. The van der Waals surface area contributed by atoms with Gasteiger partial charge in [0.1, 0.15) is 6.61 Å². The molecule has 0 radical (unpaired) electrons. The topological polar surface area (TPSA) is 45.0 Å². The van der Waals surface area contributed by atoms with Crippen molar-refractivity contribution in [3.63, 3.8) is 0 Å². The van der Waals surface area contributed by atoms with Crippen molar-refractivity contribution in [1.29, 1.82) is 5.26 Å². The Balaban J connectivity index is 3.29. The fourth-order valence-electron chi connectivity index (χ4n) is 0.979. The van der Waals surface area contributed by atoms with Gasteiger partial charge < -0.3 is 10.1 Å². The molecule has 0 saturated carbocycles. The number of hydrogen-bond acceptors (Lipinski definition) is 3. The van der Waals surface area contributed by atoms with E-state index in [9.17, 15) is 8.78 Å². The summed E-state index contributed by atoms with van der Waals surface area (Å²) in [6, 6.07) is 2.19. The first kappa shape index (κ1) is 13.3. The number of rotatable bonds is 8. The third-order valence-electron chi connectivity index (χ3n) is 1.75. The maximum absolute atomic E-state index is 11.6. The van der Waals surface area contributed by atoms with E-state index in [1.54, 1.807) is 0 Å². The molecule has 0 amide bonds. The van der Waals surface area contributed by atoms with Gasteiger partial charge in [0.05, 0.1) is 19.1 Å². The molecule has 3 nitrogen and oxygen atoms in total. The Hall–Kier alpha value is -0.730. The molecule has 0 aromatic rings. The summed E-state index contributed by atoms with van der Waals surface area (Å²) in [5, 5.41) is 11.5. The minimum absolute atomic E-state index is 0.134. The van der Waals surface area contributed by atoms with Crippen molar-refractivity contribution in [2.24, 2.45) is 0 Å². The SMILES string of the molecule is CCC(CC#N)NCCOCC(F)F. The van der Waals surface area contributed by atoms with E-state index in [1.165, 1.54) is 0 Å². The lowest BCUT2D eigenvalue weighted by Crippen LogP contribution is -2.31. The van der Waals surface area contributed by atoms with E-state index in [-0.39, 0.29) is 12.6 Å². The molecule has 0 spiro atoms. The van der Waals surface area contributed by atoms with Crippen LogP contribution >= 0.6 is 0 Å². The molecule has 0 rings (SSSR count). The Labute approximate surface area is 83.0 Å². The molecule has 0 aromatic carbocycles. The zero-order chi connectivity index (χ0) is 10.8. The molecule has 0 aliphatic rings. The maximum Gasteiger partial charge on any atom is 0.261 e. The average molecular weight is 206 g/mol. The van der Waals surface area contributed by atoms with Crippen molar-refractivity contribution in [2.75, 3.05) is 19.8 Å². The van der Waals surface area contributed by atoms with Crippen LogP contribution in [0.1, 0.15) is 19.8 Å². The van der Waals surface area contributed by atoms with Crippen molar-refractivity contribution in [3.8, 4) is 6.07 Å². The molecule has 0 fully saturated rings. The van der Waals surface area contributed by atoms with E-state index < -0.39 is 13.0 Å². The Morgan fingerprint density at radius 1 is 1.50 bits per heavy atom. The standard InChI is InChI=1S/C9H16F2N2O/c1-2-8(3-4-12)13-5-6-14-7-9(10)11/h8-9,13H,2-3,5-7H2,1H3. The molecule has 1 atom stereocenters. The molecule has 14 heavy (non-hydrogen) atoms. The largest absolute Gasteiger partial charge is 0.374 e. The van der Waals surface area contributed by atoms with Gasteiger partial charge in [0.15, 0.2) is 0 Å². The quantitative estimate of drug-likeness (QED) is 0.613. The van der Waals surface area contributed by atoms with Gasteiger partial charge in [-0.3, -0.25) is 0 Å². The van der Waals surface area contributed by atoms with Crippen LogP contribution in [0.15, 0.2) is 0 Å². The molecule has 0 bridgehead atoms. The monoisotopic (exact) mass is 206 g/mol. The highest BCUT2D eigenvalue weighted by atomic mass is 19.3. The van der Waals surface area contributed by atoms with Gasteiger partial charge in [-0.15, -0.1) is 0 Å². The van der Waals surface area contributed by atoms with Crippen molar-refractivity contribution in [3.05, 3.63) is 0 Å². The maximum atomic E-state index is 11.6. The lowest BCUT2D eigenvalue weighted by Gasteiger charge is -2.13. The fraction of sp³-hybridized carbons (Fsp3) is 0.889. The number of alkyl halides is 2. The summed E-state index contributed by atoms with van der Waals surface area (Å²) < 4.78 is 27.9. The van der Waals surface area contributed by atoms with Crippen LogP contribution in [0.25, 0.3) is 0 Å². The molecule has 0 heterocycles. The molecule has 0 saturated heterocycles. The Morgan fingerprint density at radius 2 is 2.21 bits per heavy atom. The van der Waals surface area contributed by atoms with Crippen LogP contribution in [0.2, 0.25) is 0 Å². The second kappa shape index (κ2) is 8.85. The number of halogens is 2.